The highest BCUT2D eigenvalue weighted by Crippen LogP contribution is 2.24. The molecule has 0 aliphatic rings. The average Bonchev–Trinajstić information content (AvgIpc) is 2.76. The summed E-state index contributed by atoms with van der Waals surface area (Å²) < 4.78 is 0. The molecule has 0 fully saturated rings. The van der Waals surface area contributed by atoms with Gasteiger partial charge in [0.05, 0.1) is 6.04 Å². The lowest BCUT2D eigenvalue weighted by Crippen LogP contribution is -2.22. The van der Waals surface area contributed by atoms with Gasteiger partial charge in [-0.2, -0.15) is 0 Å². The number of carbonyl (C=O) groups excluding carboxylic acids is 1. The van der Waals surface area contributed by atoms with Gasteiger partial charge >= 0.3 is 5.97 Å². The lowest BCUT2D eigenvalue weighted by atomic mass is 10.1. The maximum Gasteiger partial charge on any atom is 0.303 e. The molecule has 1 unspecified atom stereocenters. The molecule has 0 saturated heterocycles. The molecule has 0 radical (unpaired) electrons. The third kappa shape index (κ3) is 6.38. The van der Waals surface area contributed by atoms with E-state index >= 15 is 0 Å². The van der Waals surface area contributed by atoms with E-state index in [1.807, 2.05) is 6.92 Å². The van der Waals surface area contributed by atoms with E-state index in [-0.39, 0.29) is 18.4 Å². The van der Waals surface area contributed by atoms with Gasteiger partial charge in [-0.05, 0) is 38.3 Å². The van der Waals surface area contributed by atoms with E-state index in [2.05, 4.69) is 17.4 Å². The standard InChI is InChI=1S/C14H21NO3S/c1-10(15-11(2)16)13-9-8-12(19-13)6-4-3-5-7-14(17)18/h8-10H,3-7H2,1-2H3,(H,15,16)(H,17,18). The number of hydrogen-bond acceptors (Lipinski definition) is 3. The molecule has 1 amide bonds. The zero-order valence-corrected chi connectivity index (χ0v) is 12.3. The molecule has 0 aliphatic carbocycles. The molecule has 1 heterocycles. The molecule has 2 N–H and O–H groups in total. The SMILES string of the molecule is CC(=O)NC(C)c1ccc(CCCCCC(=O)O)s1. The van der Waals surface area contributed by atoms with Crippen LogP contribution in [0.15, 0.2) is 12.1 Å². The highest BCUT2D eigenvalue weighted by atomic mass is 32.1. The fourth-order valence-electron chi connectivity index (χ4n) is 1.89. The average molecular weight is 283 g/mol. The van der Waals surface area contributed by atoms with Crippen LogP contribution in [-0.2, 0) is 16.0 Å². The van der Waals surface area contributed by atoms with Gasteiger partial charge in [0.2, 0.25) is 5.91 Å². The molecule has 0 bridgehead atoms. The smallest absolute Gasteiger partial charge is 0.303 e. The number of nitrogens with one attached hydrogen (secondary N) is 1. The van der Waals surface area contributed by atoms with Gasteiger partial charge in [0.1, 0.15) is 0 Å². The predicted molar refractivity (Wildman–Crippen MR) is 76.4 cm³/mol. The van der Waals surface area contributed by atoms with Crippen molar-refractivity contribution in [3.05, 3.63) is 21.9 Å². The maximum absolute atomic E-state index is 11.0. The van der Waals surface area contributed by atoms with E-state index in [0.29, 0.717) is 0 Å². The van der Waals surface area contributed by atoms with Crippen molar-refractivity contribution in [2.75, 3.05) is 0 Å². The summed E-state index contributed by atoms with van der Waals surface area (Å²) in [4.78, 5) is 23.8. The van der Waals surface area contributed by atoms with E-state index < -0.39 is 5.97 Å². The van der Waals surface area contributed by atoms with Crippen molar-refractivity contribution in [3.63, 3.8) is 0 Å². The van der Waals surface area contributed by atoms with Gasteiger partial charge < -0.3 is 10.4 Å². The first-order chi connectivity index (χ1) is 8.99. The molecule has 19 heavy (non-hydrogen) atoms. The molecular weight excluding hydrogens is 262 g/mol. The van der Waals surface area contributed by atoms with Crippen molar-refractivity contribution >= 4 is 23.2 Å². The molecule has 0 spiro atoms. The van der Waals surface area contributed by atoms with Gasteiger partial charge in [-0.1, -0.05) is 6.42 Å². The highest BCUT2D eigenvalue weighted by molar-refractivity contribution is 7.12. The minimum Gasteiger partial charge on any atom is -0.481 e. The lowest BCUT2D eigenvalue weighted by Gasteiger charge is -2.09. The number of carboxylic acids is 1. The normalized spacial score (nSPS) is 12.1. The number of hydrogen-bond donors (Lipinski definition) is 2. The van der Waals surface area contributed by atoms with Crippen LogP contribution in [-0.4, -0.2) is 17.0 Å². The Morgan fingerprint density at radius 2 is 2.05 bits per heavy atom. The van der Waals surface area contributed by atoms with Crippen molar-refractivity contribution in [2.24, 2.45) is 0 Å². The van der Waals surface area contributed by atoms with Crippen molar-refractivity contribution in [1.29, 1.82) is 0 Å². The second kappa shape index (κ2) is 7.94. The number of unbranched alkanes of at least 4 members (excludes halogenated alkanes) is 2. The first-order valence-corrected chi connectivity index (χ1v) is 7.38. The van der Waals surface area contributed by atoms with Gasteiger partial charge in [0.25, 0.3) is 0 Å². The van der Waals surface area contributed by atoms with E-state index in [4.69, 9.17) is 5.11 Å². The summed E-state index contributed by atoms with van der Waals surface area (Å²) in [7, 11) is 0. The molecule has 1 rings (SSSR count). The van der Waals surface area contributed by atoms with Crippen molar-refractivity contribution in [3.8, 4) is 0 Å². The summed E-state index contributed by atoms with van der Waals surface area (Å²) in [6.07, 6.45) is 3.95. The van der Waals surface area contributed by atoms with Crippen LogP contribution in [0.2, 0.25) is 0 Å². The van der Waals surface area contributed by atoms with Gasteiger partial charge in [0.15, 0.2) is 0 Å². The number of thiophene rings is 1. The molecule has 5 heteroatoms. The van der Waals surface area contributed by atoms with Gasteiger partial charge in [-0.15, -0.1) is 11.3 Å². The summed E-state index contributed by atoms with van der Waals surface area (Å²) in [5.74, 6) is -0.737. The lowest BCUT2D eigenvalue weighted by molar-refractivity contribution is -0.137. The summed E-state index contributed by atoms with van der Waals surface area (Å²) in [5.41, 5.74) is 0. The third-order valence-electron chi connectivity index (χ3n) is 2.84. The van der Waals surface area contributed by atoms with Crippen molar-refractivity contribution in [1.82, 2.24) is 5.32 Å². The van der Waals surface area contributed by atoms with Crippen LogP contribution in [0.25, 0.3) is 0 Å². The Morgan fingerprint density at radius 3 is 2.68 bits per heavy atom. The Morgan fingerprint density at radius 1 is 1.32 bits per heavy atom. The van der Waals surface area contributed by atoms with E-state index in [0.717, 1.165) is 30.6 Å². The molecule has 0 aromatic carbocycles. The van der Waals surface area contributed by atoms with Crippen LogP contribution in [0.5, 0.6) is 0 Å². The maximum atomic E-state index is 11.0. The minimum atomic E-state index is -0.720. The van der Waals surface area contributed by atoms with E-state index in [9.17, 15) is 9.59 Å². The first kappa shape index (κ1) is 15.7. The number of carbonyl (C=O) groups is 2. The fraction of sp³-hybridized carbons (Fsp3) is 0.571. The molecular formula is C14H21NO3S. The van der Waals surface area contributed by atoms with Crippen LogP contribution < -0.4 is 5.32 Å². The molecule has 4 nitrogen and oxygen atoms in total. The Balaban J connectivity index is 2.30. The summed E-state index contributed by atoms with van der Waals surface area (Å²) in [6.45, 7) is 3.50. The van der Waals surface area contributed by atoms with Crippen LogP contribution in [0, 0.1) is 0 Å². The number of rotatable bonds is 8. The fourth-order valence-corrected chi connectivity index (χ4v) is 2.95. The zero-order chi connectivity index (χ0) is 14.3. The summed E-state index contributed by atoms with van der Waals surface area (Å²) >= 11 is 1.72. The van der Waals surface area contributed by atoms with Crippen LogP contribution in [0.1, 0.15) is 55.3 Å². The number of amides is 1. The van der Waals surface area contributed by atoms with Crippen molar-refractivity contribution < 1.29 is 14.7 Å². The predicted octanol–water partition coefficient (Wildman–Crippen LogP) is 3.13. The monoisotopic (exact) mass is 283 g/mol. The highest BCUT2D eigenvalue weighted by Gasteiger charge is 2.09. The largest absolute Gasteiger partial charge is 0.481 e. The van der Waals surface area contributed by atoms with Crippen LogP contribution in [0.3, 0.4) is 0 Å². The Hall–Kier alpha value is -1.36. The van der Waals surface area contributed by atoms with Gasteiger partial charge in [-0.25, -0.2) is 0 Å². The topological polar surface area (TPSA) is 66.4 Å². The second-order valence-electron chi connectivity index (χ2n) is 4.68. The number of aliphatic carboxylic acids is 1. The van der Waals surface area contributed by atoms with E-state index in [1.165, 1.54) is 11.8 Å². The Kier molecular flexibility index (Phi) is 6.56. The quantitative estimate of drug-likeness (QED) is 0.720. The molecule has 1 aromatic rings. The van der Waals surface area contributed by atoms with Crippen LogP contribution >= 0.6 is 11.3 Å². The Labute approximate surface area is 117 Å². The van der Waals surface area contributed by atoms with Crippen LogP contribution in [0.4, 0.5) is 0 Å². The molecule has 106 valence electrons. The summed E-state index contributed by atoms with van der Waals surface area (Å²) in [5, 5.41) is 11.4. The second-order valence-corrected chi connectivity index (χ2v) is 5.88. The molecule has 1 aromatic heterocycles. The molecule has 1 atom stereocenters. The summed E-state index contributed by atoms with van der Waals surface area (Å²) in [6, 6.07) is 4.20. The minimum absolute atomic E-state index is 0.0175. The van der Waals surface area contributed by atoms with Crippen molar-refractivity contribution in [2.45, 2.75) is 52.0 Å². The molecule has 0 saturated carbocycles. The number of aryl methyl sites for hydroxylation is 1. The first-order valence-electron chi connectivity index (χ1n) is 6.56. The Bertz CT molecular complexity index is 428. The number of carboxylic acid groups (broad SMARTS) is 1. The van der Waals surface area contributed by atoms with E-state index in [1.54, 1.807) is 11.3 Å². The van der Waals surface area contributed by atoms with Gasteiger partial charge in [0, 0.05) is 23.1 Å². The molecule has 0 aliphatic heterocycles. The zero-order valence-electron chi connectivity index (χ0n) is 11.4. The van der Waals surface area contributed by atoms with Gasteiger partial charge in [-0.3, -0.25) is 9.59 Å². The third-order valence-corrected chi connectivity index (χ3v) is 4.17.